The second-order valence-corrected chi connectivity index (χ2v) is 5.01. The molecule has 1 heteroatoms. The molecule has 16 heavy (non-hydrogen) atoms. The first-order valence-electron chi connectivity index (χ1n) is 6.58. The lowest BCUT2D eigenvalue weighted by Gasteiger charge is -2.19. The zero-order valence-electron chi connectivity index (χ0n) is 10.7. The minimum atomic E-state index is 0.575. The Kier molecular flexibility index (Phi) is 3.65. The third kappa shape index (κ3) is 2.46. The van der Waals surface area contributed by atoms with Gasteiger partial charge in [0.05, 0.1) is 0 Å². The first-order valence-corrected chi connectivity index (χ1v) is 6.58. The maximum Gasteiger partial charge on any atom is 0.0351 e. The van der Waals surface area contributed by atoms with Crippen molar-refractivity contribution in [1.29, 1.82) is 0 Å². The Morgan fingerprint density at radius 3 is 2.69 bits per heavy atom. The van der Waals surface area contributed by atoms with Gasteiger partial charge in [0.1, 0.15) is 0 Å². The monoisotopic (exact) mass is 217 g/mol. The van der Waals surface area contributed by atoms with Gasteiger partial charge >= 0.3 is 0 Å². The fraction of sp³-hybridized carbons (Fsp3) is 0.600. The first kappa shape index (κ1) is 11.7. The van der Waals surface area contributed by atoms with Crippen molar-refractivity contribution in [3.8, 4) is 0 Å². The lowest BCUT2D eigenvalue weighted by atomic mass is 9.98. The van der Waals surface area contributed by atoms with E-state index in [4.69, 9.17) is 0 Å². The standard InChI is InChI=1S/C15H23N/c1-4-12-7-6-8-13(10-12)15(16-5-2)14-9-11(14)3/h6-8,10-11,14-16H,4-5,9H2,1-3H3. The molecule has 0 saturated heterocycles. The van der Waals surface area contributed by atoms with E-state index in [-0.39, 0.29) is 0 Å². The maximum absolute atomic E-state index is 3.64. The molecule has 1 N–H and O–H groups in total. The van der Waals surface area contributed by atoms with Gasteiger partial charge in [-0.15, -0.1) is 0 Å². The van der Waals surface area contributed by atoms with Crippen LogP contribution in [0.15, 0.2) is 24.3 Å². The van der Waals surface area contributed by atoms with Crippen molar-refractivity contribution in [3.63, 3.8) is 0 Å². The van der Waals surface area contributed by atoms with Crippen molar-refractivity contribution < 1.29 is 0 Å². The number of nitrogens with one attached hydrogen (secondary N) is 1. The summed E-state index contributed by atoms with van der Waals surface area (Å²) in [5.41, 5.74) is 2.93. The third-order valence-corrected chi connectivity index (χ3v) is 3.74. The molecule has 0 aromatic heterocycles. The van der Waals surface area contributed by atoms with E-state index in [0.29, 0.717) is 6.04 Å². The van der Waals surface area contributed by atoms with Crippen molar-refractivity contribution in [3.05, 3.63) is 35.4 Å². The molecule has 1 aromatic rings. The highest BCUT2D eigenvalue weighted by Gasteiger charge is 2.39. The summed E-state index contributed by atoms with van der Waals surface area (Å²) >= 11 is 0. The van der Waals surface area contributed by atoms with Crippen LogP contribution < -0.4 is 5.32 Å². The molecule has 0 amide bonds. The van der Waals surface area contributed by atoms with Gasteiger partial charge in [0.2, 0.25) is 0 Å². The molecular weight excluding hydrogens is 194 g/mol. The van der Waals surface area contributed by atoms with Crippen LogP contribution in [0.3, 0.4) is 0 Å². The van der Waals surface area contributed by atoms with Gasteiger partial charge in [0.25, 0.3) is 0 Å². The Morgan fingerprint density at radius 2 is 2.12 bits per heavy atom. The summed E-state index contributed by atoms with van der Waals surface area (Å²) in [6, 6.07) is 9.65. The smallest absolute Gasteiger partial charge is 0.0351 e. The average molecular weight is 217 g/mol. The number of aryl methyl sites for hydroxylation is 1. The van der Waals surface area contributed by atoms with Gasteiger partial charge in [-0.05, 0) is 42.3 Å². The molecule has 2 rings (SSSR count). The minimum absolute atomic E-state index is 0.575. The predicted molar refractivity (Wildman–Crippen MR) is 69.5 cm³/mol. The van der Waals surface area contributed by atoms with E-state index in [2.05, 4.69) is 50.4 Å². The van der Waals surface area contributed by atoms with Crippen LogP contribution in [0.25, 0.3) is 0 Å². The van der Waals surface area contributed by atoms with Gasteiger partial charge in [-0.1, -0.05) is 45.0 Å². The zero-order valence-corrected chi connectivity index (χ0v) is 10.7. The topological polar surface area (TPSA) is 12.0 Å². The zero-order chi connectivity index (χ0) is 11.5. The van der Waals surface area contributed by atoms with Crippen molar-refractivity contribution in [2.24, 2.45) is 11.8 Å². The van der Waals surface area contributed by atoms with E-state index in [9.17, 15) is 0 Å². The largest absolute Gasteiger partial charge is 0.310 e. The highest BCUT2D eigenvalue weighted by Crippen LogP contribution is 2.46. The molecular formula is C15H23N. The quantitative estimate of drug-likeness (QED) is 0.795. The number of hydrogen-bond acceptors (Lipinski definition) is 1. The molecule has 3 unspecified atom stereocenters. The van der Waals surface area contributed by atoms with Gasteiger partial charge in [-0.3, -0.25) is 0 Å². The molecule has 1 fully saturated rings. The van der Waals surface area contributed by atoms with Crippen LogP contribution in [0.5, 0.6) is 0 Å². The van der Waals surface area contributed by atoms with Crippen LogP contribution >= 0.6 is 0 Å². The third-order valence-electron chi connectivity index (χ3n) is 3.74. The summed E-state index contributed by atoms with van der Waals surface area (Å²) in [6.45, 7) is 7.84. The van der Waals surface area contributed by atoms with E-state index in [1.807, 2.05) is 0 Å². The first-order chi connectivity index (χ1) is 7.76. The SMILES string of the molecule is CCNC(c1cccc(CC)c1)C1CC1C. The van der Waals surface area contributed by atoms with E-state index >= 15 is 0 Å². The van der Waals surface area contributed by atoms with Gasteiger partial charge in [0.15, 0.2) is 0 Å². The van der Waals surface area contributed by atoms with Crippen LogP contribution in [0.1, 0.15) is 44.4 Å². The predicted octanol–water partition coefficient (Wildman–Crippen LogP) is 3.56. The highest BCUT2D eigenvalue weighted by molar-refractivity contribution is 5.27. The fourth-order valence-corrected chi connectivity index (χ4v) is 2.56. The molecule has 1 nitrogen and oxygen atoms in total. The molecule has 1 aliphatic rings. The van der Waals surface area contributed by atoms with E-state index in [1.54, 1.807) is 0 Å². The highest BCUT2D eigenvalue weighted by atomic mass is 14.9. The Balaban J connectivity index is 2.17. The molecule has 0 radical (unpaired) electrons. The fourth-order valence-electron chi connectivity index (χ4n) is 2.56. The molecule has 0 spiro atoms. The minimum Gasteiger partial charge on any atom is -0.310 e. The summed E-state index contributed by atoms with van der Waals surface area (Å²) in [4.78, 5) is 0. The molecule has 1 aliphatic carbocycles. The van der Waals surface area contributed by atoms with E-state index < -0.39 is 0 Å². The molecule has 0 heterocycles. The Bertz CT molecular complexity index is 345. The van der Waals surface area contributed by atoms with Crippen molar-refractivity contribution >= 4 is 0 Å². The summed E-state index contributed by atoms with van der Waals surface area (Å²) in [6.07, 6.45) is 2.51. The Morgan fingerprint density at radius 1 is 1.38 bits per heavy atom. The summed E-state index contributed by atoms with van der Waals surface area (Å²) < 4.78 is 0. The average Bonchev–Trinajstić information content (AvgIpc) is 3.03. The maximum atomic E-state index is 3.64. The molecule has 0 aliphatic heterocycles. The summed E-state index contributed by atoms with van der Waals surface area (Å²) in [5.74, 6) is 1.75. The van der Waals surface area contributed by atoms with Gasteiger partial charge in [0, 0.05) is 6.04 Å². The molecule has 88 valence electrons. The number of hydrogen-bond donors (Lipinski definition) is 1. The van der Waals surface area contributed by atoms with Crippen molar-refractivity contribution in [2.45, 2.75) is 39.7 Å². The number of benzene rings is 1. The molecule has 1 aromatic carbocycles. The second-order valence-electron chi connectivity index (χ2n) is 5.01. The molecule has 0 bridgehead atoms. The van der Waals surface area contributed by atoms with Crippen LogP contribution in [-0.2, 0) is 6.42 Å². The van der Waals surface area contributed by atoms with Gasteiger partial charge in [-0.25, -0.2) is 0 Å². The normalized spacial score (nSPS) is 25.4. The van der Waals surface area contributed by atoms with Crippen LogP contribution in [-0.4, -0.2) is 6.54 Å². The Labute approximate surface area is 99.3 Å². The number of rotatable bonds is 5. The van der Waals surface area contributed by atoms with Crippen molar-refractivity contribution in [1.82, 2.24) is 5.32 Å². The van der Waals surface area contributed by atoms with E-state index in [1.165, 1.54) is 17.5 Å². The van der Waals surface area contributed by atoms with Crippen molar-refractivity contribution in [2.75, 3.05) is 6.54 Å². The van der Waals surface area contributed by atoms with Gasteiger partial charge in [-0.2, -0.15) is 0 Å². The summed E-state index contributed by atoms with van der Waals surface area (Å²) in [7, 11) is 0. The lowest BCUT2D eigenvalue weighted by molar-refractivity contribution is 0.475. The lowest BCUT2D eigenvalue weighted by Crippen LogP contribution is -2.23. The van der Waals surface area contributed by atoms with E-state index in [0.717, 1.165) is 24.8 Å². The Hall–Kier alpha value is -0.820. The van der Waals surface area contributed by atoms with Crippen LogP contribution in [0.4, 0.5) is 0 Å². The summed E-state index contributed by atoms with van der Waals surface area (Å²) in [5, 5.41) is 3.64. The second kappa shape index (κ2) is 5.01. The van der Waals surface area contributed by atoms with Crippen LogP contribution in [0.2, 0.25) is 0 Å². The van der Waals surface area contributed by atoms with Gasteiger partial charge < -0.3 is 5.32 Å². The molecule has 1 saturated carbocycles. The molecule has 3 atom stereocenters. The van der Waals surface area contributed by atoms with Crippen LogP contribution in [0, 0.1) is 11.8 Å².